The van der Waals surface area contributed by atoms with E-state index in [1.165, 1.54) is 4.57 Å². The highest BCUT2D eigenvalue weighted by Gasteiger charge is 2.10. The molecular weight excluding hydrogens is 282 g/mol. The molecule has 0 amide bonds. The standard InChI is InChI=1S/C13H14ClN3O3/c1-9-15-12(19)16(6-7-18)13(20)17(9)8-10-2-4-11(14)5-3-10/h2-5,18H,6-8H2,1H3. The van der Waals surface area contributed by atoms with Crippen molar-refractivity contribution in [3.63, 3.8) is 0 Å². The maximum Gasteiger partial charge on any atom is 0.353 e. The van der Waals surface area contributed by atoms with Gasteiger partial charge >= 0.3 is 11.4 Å². The maximum absolute atomic E-state index is 12.2. The van der Waals surface area contributed by atoms with Crippen molar-refractivity contribution in [2.24, 2.45) is 0 Å². The zero-order valence-corrected chi connectivity index (χ0v) is 11.7. The Morgan fingerprint density at radius 1 is 1.20 bits per heavy atom. The number of nitrogens with zero attached hydrogens (tertiary/aromatic N) is 3. The number of aryl methyl sites for hydroxylation is 1. The van der Waals surface area contributed by atoms with Crippen LogP contribution in [-0.2, 0) is 13.1 Å². The average molecular weight is 296 g/mol. The summed E-state index contributed by atoms with van der Waals surface area (Å²) in [5.41, 5.74) is -0.254. The maximum atomic E-state index is 12.2. The van der Waals surface area contributed by atoms with Crippen LogP contribution in [0.3, 0.4) is 0 Å². The second-order valence-corrected chi connectivity index (χ2v) is 4.75. The Kier molecular flexibility index (Phi) is 4.36. The van der Waals surface area contributed by atoms with E-state index in [1.807, 2.05) is 0 Å². The van der Waals surface area contributed by atoms with E-state index >= 15 is 0 Å². The highest BCUT2D eigenvalue weighted by molar-refractivity contribution is 6.30. The minimum absolute atomic E-state index is 0.0639. The van der Waals surface area contributed by atoms with Crippen LogP contribution in [0.2, 0.25) is 5.02 Å². The lowest BCUT2D eigenvalue weighted by atomic mass is 10.2. The van der Waals surface area contributed by atoms with E-state index in [1.54, 1.807) is 31.2 Å². The largest absolute Gasteiger partial charge is 0.395 e. The SMILES string of the molecule is Cc1nc(=O)n(CCO)c(=O)n1Cc1ccc(Cl)cc1. The van der Waals surface area contributed by atoms with E-state index in [-0.39, 0.29) is 13.2 Å². The van der Waals surface area contributed by atoms with Gasteiger partial charge in [0.15, 0.2) is 0 Å². The van der Waals surface area contributed by atoms with Crippen LogP contribution in [0.5, 0.6) is 0 Å². The topological polar surface area (TPSA) is 77.1 Å². The fourth-order valence-corrected chi connectivity index (χ4v) is 2.00. The summed E-state index contributed by atoms with van der Waals surface area (Å²) >= 11 is 5.81. The monoisotopic (exact) mass is 295 g/mol. The third-order valence-electron chi connectivity index (χ3n) is 2.92. The van der Waals surface area contributed by atoms with Crippen molar-refractivity contribution >= 4 is 11.6 Å². The molecule has 0 saturated heterocycles. The Hall–Kier alpha value is -1.92. The molecule has 0 radical (unpaired) electrons. The van der Waals surface area contributed by atoms with Crippen LogP contribution in [0, 0.1) is 6.92 Å². The van der Waals surface area contributed by atoms with Gasteiger partial charge in [0.25, 0.3) is 0 Å². The summed E-state index contributed by atoms with van der Waals surface area (Å²) in [5.74, 6) is 0.337. The molecule has 1 N–H and O–H groups in total. The van der Waals surface area contributed by atoms with Crippen LogP contribution in [0.25, 0.3) is 0 Å². The molecule has 0 atom stereocenters. The van der Waals surface area contributed by atoms with Crippen LogP contribution < -0.4 is 11.4 Å². The molecule has 0 bridgehead atoms. The normalized spacial score (nSPS) is 10.8. The summed E-state index contributed by atoms with van der Waals surface area (Å²) in [6.07, 6.45) is 0. The van der Waals surface area contributed by atoms with Crippen LogP contribution in [-0.4, -0.2) is 25.8 Å². The van der Waals surface area contributed by atoms with Crippen molar-refractivity contribution < 1.29 is 5.11 Å². The number of benzene rings is 1. The molecular formula is C13H14ClN3O3. The van der Waals surface area contributed by atoms with Crippen molar-refractivity contribution in [2.45, 2.75) is 20.0 Å². The van der Waals surface area contributed by atoms with E-state index in [0.717, 1.165) is 10.1 Å². The lowest BCUT2D eigenvalue weighted by Crippen LogP contribution is -2.43. The van der Waals surface area contributed by atoms with Gasteiger partial charge in [-0.25, -0.2) is 14.2 Å². The Balaban J connectivity index is 2.46. The fraction of sp³-hybridized carbons (Fsp3) is 0.308. The average Bonchev–Trinajstić information content (AvgIpc) is 2.41. The van der Waals surface area contributed by atoms with Gasteiger partial charge in [-0.2, -0.15) is 4.98 Å². The van der Waals surface area contributed by atoms with Gasteiger partial charge in [0.05, 0.1) is 19.7 Å². The molecule has 1 aromatic carbocycles. The first-order valence-corrected chi connectivity index (χ1v) is 6.44. The molecule has 1 aromatic heterocycles. The number of hydrogen-bond donors (Lipinski definition) is 1. The lowest BCUT2D eigenvalue weighted by Gasteiger charge is -2.11. The molecule has 2 aromatic rings. The molecule has 7 heteroatoms. The smallest absolute Gasteiger partial charge is 0.353 e. The molecule has 0 spiro atoms. The predicted molar refractivity (Wildman–Crippen MR) is 75.1 cm³/mol. The Bertz CT molecular complexity index is 719. The first kappa shape index (κ1) is 14.5. The number of rotatable bonds is 4. The van der Waals surface area contributed by atoms with E-state index < -0.39 is 11.4 Å². The summed E-state index contributed by atoms with van der Waals surface area (Å²) in [5, 5.41) is 9.51. The molecule has 6 nitrogen and oxygen atoms in total. The molecule has 106 valence electrons. The number of aliphatic hydroxyl groups excluding tert-OH is 1. The highest BCUT2D eigenvalue weighted by Crippen LogP contribution is 2.10. The molecule has 0 unspecified atom stereocenters. The zero-order chi connectivity index (χ0) is 14.7. The second-order valence-electron chi connectivity index (χ2n) is 4.31. The van der Waals surface area contributed by atoms with Crippen molar-refractivity contribution in [2.75, 3.05) is 6.61 Å². The first-order valence-electron chi connectivity index (χ1n) is 6.06. The predicted octanol–water partition coefficient (Wildman–Crippen LogP) is 0.407. The molecule has 20 heavy (non-hydrogen) atoms. The molecule has 2 rings (SSSR count). The van der Waals surface area contributed by atoms with Gasteiger partial charge < -0.3 is 5.11 Å². The third-order valence-corrected chi connectivity index (χ3v) is 3.17. The number of aliphatic hydroxyl groups is 1. The minimum Gasteiger partial charge on any atom is -0.395 e. The van der Waals surface area contributed by atoms with Gasteiger partial charge in [0, 0.05) is 5.02 Å². The zero-order valence-electron chi connectivity index (χ0n) is 10.9. The number of halogens is 1. The number of aromatic nitrogens is 3. The fourth-order valence-electron chi connectivity index (χ4n) is 1.87. The molecule has 1 heterocycles. The summed E-state index contributed by atoms with van der Waals surface area (Å²) in [6.45, 7) is 1.54. The Labute approximate surface area is 119 Å². The Morgan fingerprint density at radius 3 is 2.45 bits per heavy atom. The van der Waals surface area contributed by atoms with E-state index in [2.05, 4.69) is 4.98 Å². The summed E-state index contributed by atoms with van der Waals surface area (Å²) in [4.78, 5) is 27.6. The highest BCUT2D eigenvalue weighted by atomic mass is 35.5. The second kappa shape index (κ2) is 6.02. The molecule has 0 saturated carbocycles. The van der Waals surface area contributed by atoms with Crippen LogP contribution in [0.15, 0.2) is 33.9 Å². The van der Waals surface area contributed by atoms with Gasteiger partial charge in [0.1, 0.15) is 5.82 Å². The van der Waals surface area contributed by atoms with Gasteiger partial charge in [-0.15, -0.1) is 0 Å². The van der Waals surface area contributed by atoms with E-state index in [9.17, 15) is 9.59 Å². The lowest BCUT2D eigenvalue weighted by molar-refractivity contribution is 0.268. The van der Waals surface area contributed by atoms with Crippen molar-refractivity contribution in [1.82, 2.24) is 14.1 Å². The van der Waals surface area contributed by atoms with Crippen molar-refractivity contribution in [1.29, 1.82) is 0 Å². The molecule has 0 fully saturated rings. The van der Waals surface area contributed by atoms with E-state index in [0.29, 0.717) is 17.4 Å². The quantitative estimate of drug-likeness (QED) is 0.886. The third kappa shape index (κ3) is 2.97. The summed E-state index contributed by atoms with van der Waals surface area (Å²) in [6, 6.07) is 7.06. The molecule has 0 aliphatic rings. The molecule has 0 aliphatic heterocycles. The first-order chi connectivity index (χ1) is 9.52. The molecule has 0 aliphatic carbocycles. The minimum atomic E-state index is -0.645. The van der Waals surface area contributed by atoms with Crippen LogP contribution in [0.1, 0.15) is 11.4 Å². The van der Waals surface area contributed by atoms with Gasteiger partial charge in [-0.3, -0.25) is 4.57 Å². The summed E-state index contributed by atoms with van der Waals surface area (Å²) < 4.78 is 2.31. The van der Waals surface area contributed by atoms with Gasteiger partial charge in [0.2, 0.25) is 0 Å². The van der Waals surface area contributed by atoms with Crippen molar-refractivity contribution in [3.8, 4) is 0 Å². The van der Waals surface area contributed by atoms with Gasteiger partial charge in [-0.05, 0) is 24.6 Å². The van der Waals surface area contributed by atoms with Crippen LogP contribution >= 0.6 is 11.6 Å². The van der Waals surface area contributed by atoms with Crippen LogP contribution in [0.4, 0.5) is 0 Å². The van der Waals surface area contributed by atoms with E-state index in [4.69, 9.17) is 16.7 Å². The van der Waals surface area contributed by atoms with Crippen molar-refractivity contribution in [3.05, 3.63) is 61.6 Å². The summed E-state index contributed by atoms with van der Waals surface area (Å²) in [7, 11) is 0. The number of hydrogen-bond acceptors (Lipinski definition) is 4. The van der Waals surface area contributed by atoms with Gasteiger partial charge in [-0.1, -0.05) is 23.7 Å². The Morgan fingerprint density at radius 2 is 1.85 bits per heavy atom.